The van der Waals surface area contributed by atoms with Gasteiger partial charge >= 0.3 is 5.97 Å². The van der Waals surface area contributed by atoms with E-state index in [0.29, 0.717) is 29.3 Å². The van der Waals surface area contributed by atoms with Crippen molar-refractivity contribution in [3.8, 4) is 11.3 Å². The number of esters is 1. The molecule has 26 heavy (non-hydrogen) atoms. The van der Waals surface area contributed by atoms with Crippen LogP contribution in [-0.2, 0) is 9.53 Å². The lowest BCUT2D eigenvalue weighted by molar-refractivity contribution is -0.137. The first-order valence-electron chi connectivity index (χ1n) is 8.33. The molecule has 0 radical (unpaired) electrons. The number of rotatable bonds is 6. The van der Waals surface area contributed by atoms with Crippen molar-refractivity contribution in [1.82, 2.24) is 0 Å². The largest absolute Gasteiger partial charge is 0.463 e. The average molecular weight is 346 g/mol. The number of ketones is 1. The maximum atomic E-state index is 12.9. The summed E-state index contributed by atoms with van der Waals surface area (Å²) in [6.07, 6.45) is 2.79. The first kappa shape index (κ1) is 17.4. The topological polar surface area (TPSA) is 56.5 Å². The zero-order chi connectivity index (χ0) is 18.4. The van der Waals surface area contributed by atoms with Gasteiger partial charge in [0.15, 0.2) is 5.78 Å². The smallest absolute Gasteiger partial charge is 0.330 e. The van der Waals surface area contributed by atoms with Crippen LogP contribution in [0.25, 0.3) is 17.4 Å². The molecule has 0 unspecified atom stereocenters. The molecule has 3 aromatic rings. The molecular formula is C22H18O4. The SMILES string of the molecule is CCOC(=O)/C=C/c1cc(C(=O)c2ccccc2)c(-c2ccccc2)o1. The first-order valence-corrected chi connectivity index (χ1v) is 8.33. The Morgan fingerprint density at radius 1 is 1.00 bits per heavy atom. The average Bonchev–Trinajstić information content (AvgIpc) is 3.12. The van der Waals surface area contributed by atoms with E-state index >= 15 is 0 Å². The van der Waals surface area contributed by atoms with Gasteiger partial charge in [-0.3, -0.25) is 4.79 Å². The molecule has 0 spiro atoms. The molecular weight excluding hydrogens is 328 g/mol. The van der Waals surface area contributed by atoms with Gasteiger partial charge in [0, 0.05) is 17.2 Å². The summed E-state index contributed by atoms with van der Waals surface area (Å²) < 4.78 is 10.7. The Morgan fingerprint density at radius 3 is 2.31 bits per heavy atom. The van der Waals surface area contributed by atoms with E-state index in [-0.39, 0.29) is 5.78 Å². The summed E-state index contributed by atoms with van der Waals surface area (Å²) in [5.74, 6) is 0.296. The van der Waals surface area contributed by atoms with E-state index in [9.17, 15) is 9.59 Å². The molecule has 0 N–H and O–H groups in total. The van der Waals surface area contributed by atoms with Crippen LogP contribution in [0.5, 0.6) is 0 Å². The predicted molar refractivity (Wildman–Crippen MR) is 99.7 cm³/mol. The number of carbonyl (C=O) groups excluding carboxylic acids is 2. The van der Waals surface area contributed by atoms with E-state index in [1.165, 1.54) is 12.2 Å². The Kier molecular flexibility index (Phi) is 5.44. The van der Waals surface area contributed by atoms with Crippen molar-refractivity contribution in [3.63, 3.8) is 0 Å². The summed E-state index contributed by atoms with van der Waals surface area (Å²) in [5, 5.41) is 0. The van der Waals surface area contributed by atoms with Gasteiger partial charge in [0.2, 0.25) is 0 Å². The normalized spacial score (nSPS) is 10.8. The Labute approximate surface area is 151 Å². The molecule has 0 amide bonds. The summed E-state index contributed by atoms with van der Waals surface area (Å²) in [6.45, 7) is 2.04. The maximum absolute atomic E-state index is 12.9. The second kappa shape index (κ2) is 8.12. The van der Waals surface area contributed by atoms with Crippen LogP contribution in [0, 0.1) is 0 Å². The summed E-state index contributed by atoms with van der Waals surface area (Å²) in [6, 6.07) is 20.1. The second-order valence-corrected chi connectivity index (χ2v) is 5.54. The Balaban J connectivity index is 2.01. The molecule has 0 bridgehead atoms. The molecule has 0 atom stereocenters. The van der Waals surface area contributed by atoms with Crippen LogP contribution < -0.4 is 0 Å². The first-order chi connectivity index (χ1) is 12.7. The maximum Gasteiger partial charge on any atom is 0.330 e. The quantitative estimate of drug-likeness (QED) is 0.367. The van der Waals surface area contributed by atoms with E-state index in [0.717, 1.165) is 5.56 Å². The van der Waals surface area contributed by atoms with Crippen LogP contribution in [0.2, 0.25) is 0 Å². The minimum atomic E-state index is -0.457. The van der Waals surface area contributed by atoms with Crippen molar-refractivity contribution in [1.29, 1.82) is 0 Å². The fourth-order valence-electron chi connectivity index (χ4n) is 2.55. The number of hydrogen-bond donors (Lipinski definition) is 0. The van der Waals surface area contributed by atoms with Crippen molar-refractivity contribution in [2.24, 2.45) is 0 Å². The van der Waals surface area contributed by atoms with Crippen LogP contribution in [0.15, 0.2) is 77.2 Å². The summed E-state index contributed by atoms with van der Waals surface area (Å²) in [5.41, 5.74) is 1.82. The van der Waals surface area contributed by atoms with E-state index < -0.39 is 5.97 Å². The highest BCUT2D eigenvalue weighted by atomic mass is 16.5. The van der Waals surface area contributed by atoms with Gasteiger partial charge in [-0.2, -0.15) is 0 Å². The Hall–Kier alpha value is -3.40. The van der Waals surface area contributed by atoms with Gasteiger partial charge in [-0.15, -0.1) is 0 Å². The lowest BCUT2D eigenvalue weighted by atomic mass is 10.0. The Morgan fingerprint density at radius 2 is 1.65 bits per heavy atom. The van der Waals surface area contributed by atoms with Gasteiger partial charge in [0.25, 0.3) is 0 Å². The molecule has 0 aliphatic carbocycles. The van der Waals surface area contributed by atoms with E-state index in [1.54, 1.807) is 25.1 Å². The summed E-state index contributed by atoms with van der Waals surface area (Å²) in [7, 11) is 0. The third-order valence-corrected chi connectivity index (χ3v) is 3.74. The van der Waals surface area contributed by atoms with E-state index in [2.05, 4.69) is 0 Å². The number of hydrogen-bond acceptors (Lipinski definition) is 4. The van der Waals surface area contributed by atoms with Gasteiger partial charge in [0.1, 0.15) is 11.5 Å². The zero-order valence-corrected chi connectivity index (χ0v) is 14.3. The molecule has 1 heterocycles. The zero-order valence-electron chi connectivity index (χ0n) is 14.3. The lowest BCUT2D eigenvalue weighted by Gasteiger charge is -2.02. The van der Waals surface area contributed by atoms with Crippen molar-refractivity contribution >= 4 is 17.8 Å². The van der Waals surface area contributed by atoms with Crippen LogP contribution in [0.1, 0.15) is 28.6 Å². The third kappa shape index (κ3) is 3.98. The van der Waals surface area contributed by atoms with Crippen LogP contribution in [0.3, 0.4) is 0 Å². The number of furan rings is 1. The summed E-state index contributed by atoms with van der Waals surface area (Å²) >= 11 is 0. The minimum Gasteiger partial charge on any atom is -0.463 e. The molecule has 2 aromatic carbocycles. The number of carbonyl (C=O) groups is 2. The fraction of sp³-hybridized carbons (Fsp3) is 0.0909. The number of ether oxygens (including phenoxy) is 1. The molecule has 0 aliphatic heterocycles. The van der Waals surface area contributed by atoms with Gasteiger partial charge < -0.3 is 9.15 Å². The molecule has 1 aromatic heterocycles. The molecule has 0 saturated carbocycles. The van der Waals surface area contributed by atoms with Crippen molar-refractivity contribution < 1.29 is 18.7 Å². The van der Waals surface area contributed by atoms with Gasteiger partial charge in [-0.05, 0) is 19.1 Å². The van der Waals surface area contributed by atoms with Crippen LogP contribution in [-0.4, -0.2) is 18.4 Å². The van der Waals surface area contributed by atoms with E-state index in [4.69, 9.17) is 9.15 Å². The predicted octanol–water partition coefficient (Wildman–Crippen LogP) is 4.75. The van der Waals surface area contributed by atoms with Crippen molar-refractivity contribution in [3.05, 3.63) is 89.7 Å². The summed E-state index contributed by atoms with van der Waals surface area (Å²) in [4.78, 5) is 24.4. The lowest BCUT2D eigenvalue weighted by Crippen LogP contribution is -2.01. The minimum absolute atomic E-state index is 0.135. The fourth-order valence-corrected chi connectivity index (χ4v) is 2.55. The highest BCUT2D eigenvalue weighted by molar-refractivity contribution is 6.12. The molecule has 0 saturated heterocycles. The molecule has 4 heteroatoms. The monoisotopic (exact) mass is 346 g/mol. The van der Waals surface area contributed by atoms with Gasteiger partial charge in [-0.1, -0.05) is 60.7 Å². The number of benzene rings is 2. The van der Waals surface area contributed by atoms with Crippen LogP contribution >= 0.6 is 0 Å². The molecule has 130 valence electrons. The van der Waals surface area contributed by atoms with Gasteiger partial charge in [0.05, 0.1) is 12.2 Å². The molecule has 4 nitrogen and oxygen atoms in total. The van der Waals surface area contributed by atoms with Crippen LogP contribution in [0.4, 0.5) is 0 Å². The molecule has 0 fully saturated rings. The second-order valence-electron chi connectivity index (χ2n) is 5.54. The molecule has 3 rings (SSSR count). The van der Waals surface area contributed by atoms with Crippen molar-refractivity contribution in [2.45, 2.75) is 6.92 Å². The Bertz CT molecular complexity index is 921. The highest BCUT2D eigenvalue weighted by Crippen LogP contribution is 2.30. The molecule has 0 aliphatic rings. The highest BCUT2D eigenvalue weighted by Gasteiger charge is 2.19. The third-order valence-electron chi connectivity index (χ3n) is 3.74. The standard InChI is InChI=1S/C22H18O4/c1-2-25-20(23)14-13-18-15-19(21(24)16-9-5-3-6-10-16)22(26-18)17-11-7-4-8-12-17/h3-15H,2H2,1H3/b14-13+. The van der Waals surface area contributed by atoms with Crippen molar-refractivity contribution in [2.75, 3.05) is 6.61 Å². The van der Waals surface area contributed by atoms with E-state index in [1.807, 2.05) is 48.5 Å². The van der Waals surface area contributed by atoms with Gasteiger partial charge in [-0.25, -0.2) is 4.79 Å².